The predicted molar refractivity (Wildman–Crippen MR) is 144 cm³/mol. The number of amides is 1. The van der Waals surface area contributed by atoms with Gasteiger partial charge in [-0.15, -0.1) is 0 Å². The monoisotopic (exact) mass is 495 g/mol. The number of rotatable bonds is 9. The fourth-order valence-corrected chi connectivity index (χ4v) is 5.04. The molecule has 0 saturated heterocycles. The second kappa shape index (κ2) is 11.3. The molecule has 1 heterocycles. The van der Waals surface area contributed by atoms with Crippen LogP contribution < -0.4 is 9.47 Å². The van der Waals surface area contributed by atoms with Gasteiger partial charge in [0.15, 0.2) is 0 Å². The van der Waals surface area contributed by atoms with E-state index < -0.39 is 0 Å². The van der Waals surface area contributed by atoms with E-state index in [0.29, 0.717) is 24.7 Å². The first-order chi connectivity index (χ1) is 18.1. The van der Waals surface area contributed by atoms with Crippen LogP contribution in [0.15, 0.2) is 84.9 Å². The molecule has 1 fully saturated rings. The largest absolute Gasteiger partial charge is 0.497 e. The summed E-state index contributed by atoms with van der Waals surface area (Å²) in [4.78, 5) is 15.8. The summed E-state index contributed by atoms with van der Waals surface area (Å²) < 4.78 is 13.5. The van der Waals surface area contributed by atoms with Gasteiger partial charge in [-0.25, -0.2) is 4.68 Å². The second-order valence-corrected chi connectivity index (χ2v) is 9.56. The van der Waals surface area contributed by atoms with Crippen LogP contribution in [-0.4, -0.2) is 27.7 Å². The van der Waals surface area contributed by atoms with E-state index >= 15 is 0 Å². The normalized spacial score (nSPS) is 13.5. The van der Waals surface area contributed by atoms with Crippen LogP contribution in [0, 0.1) is 5.92 Å². The van der Waals surface area contributed by atoms with Crippen molar-refractivity contribution in [2.45, 2.75) is 38.8 Å². The number of carbonyl (C=O) groups is 1. The number of carbonyl (C=O) groups excluding carboxylic acids is 1. The Hall–Kier alpha value is -4.06. The van der Waals surface area contributed by atoms with Crippen molar-refractivity contribution in [3.8, 4) is 28.6 Å². The summed E-state index contributed by atoms with van der Waals surface area (Å²) in [6.07, 6.45) is 4.14. The Kier molecular flexibility index (Phi) is 7.54. The lowest BCUT2D eigenvalue weighted by atomic mass is 10.0. The van der Waals surface area contributed by atoms with Crippen molar-refractivity contribution in [2.75, 3.05) is 7.11 Å². The molecule has 37 heavy (non-hydrogen) atoms. The quantitative estimate of drug-likeness (QED) is 0.262. The third-order valence-corrected chi connectivity index (χ3v) is 6.99. The third-order valence-electron chi connectivity index (χ3n) is 6.99. The van der Waals surface area contributed by atoms with Crippen molar-refractivity contribution in [1.29, 1.82) is 0 Å². The molecule has 0 radical (unpaired) electrons. The predicted octanol–water partition coefficient (Wildman–Crippen LogP) is 6.61. The Morgan fingerprint density at radius 2 is 1.51 bits per heavy atom. The molecule has 0 atom stereocenters. The van der Waals surface area contributed by atoms with Gasteiger partial charge in [-0.3, -0.25) is 4.79 Å². The van der Waals surface area contributed by atoms with Gasteiger partial charge in [0, 0.05) is 25.1 Å². The lowest BCUT2D eigenvalue weighted by molar-refractivity contribution is -0.136. The highest BCUT2D eigenvalue weighted by Crippen LogP contribution is 2.36. The Morgan fingerprint density at radius 1 is 0.892 bits per heavy atom. The molecular weight excluding hydrogens is 462 g/mol. The summed E-state index contributed by atoms with van der Waals surface area (Å²) in [5.41, 5.74) is 3.82. The van der Waals surface area contributed by atoms with Crippen LogP contribution in [0.4, 0.5) is 0 Å². The molecule has 0 N–H and O–H groups in total. The highest BCUT2D eigenvalue weighted by Gasteiger charge is 2.30. The minimum absolute atomic E-state index is 0.0755. The zero-order valence-electron chi connectivity index (χ0n) is 21.5. The summed E-state index contributed by atoms with van der Waals surface area (Å²) in [6, 6.07) is 27.8. The molecular formula is C31H33N3O3. The van der Waals surface area contributed by atoms with Crippen molar-refractivity contribution >= 4 is 5.91 Å². The molecule has 0 aliphatic heterocycles. The van der Waals surface area contributed by atoms with E-state index in [0.717, 1.165) is 53.8 Å². The number of benzene rings is 3. The first-order valence-corrected chi connectivity index (χ1v) is 12.9. The van der Waals surface area contributed by atoms with Gasteiger partial charge < -0.3 is 14.4 Å². The zero-order chi connectivity index (χ0) is 25.6. The van der Waals surface area contributed by atoms with Gasteiger partial charge in [-0.05, 0) is 42.7 Å². The van der Waals surface area contributed by atoms with Crippen molar-refractivity contribution < 1.29 is 14.3 Å². The minimum Gasteiger partial charge on any atom is -0.497 e. The number of hydrogen-bond acceptors (Lipinski definition) is 4. The fourth-order valence-electron chi connectivity index (χ4n) is 5.04. The topological polar surface area (TPSA) is 56.6 Å². The maximum Gasteiger partial charge on any atom is 0.226 e. The molecule has 1 amide bonds. The summed E-state index contributed by atoms with van der Waals surface area (Å²) in [5.74, 6) is 2.35. The minimum atomic E-state index is 0.0755. The summed E-state index contributed by atoms with van der Waals surface area (Å²) in [5, 5.41) is 4.86. The molecule has 4 aromatic rings. The maximum atomic E-state index is 13.8. The van der Waals surface area contributed by atoms with Gasteiger partial charge in [0.05, 0.1) is 19.2 Å². The number of methoxy groups -OCH3 is 1. The second-order valence-electron chi connectivity index (χ2n) is 9.56. The number of hydrogen-bond donors (Lipinski definition) is 0. The van der Waals surface area contributed by atoms with E-state index in [4.69, 9.17) is 14.6 Å². The van der Waals surface area contributed by atoms with E-state index in [9.17, 15) is 4.79 Å². The summed E-state index contributed by atoms with van der Waals surface area (Å²) in [7, 11) is 3.53. The number of aromatic nitrogens is 2. The smallest absolute Gasteiger partial charge is 0.226 e. The highest BCUT2D eigenvalue weighted by molar-refractivity contribution is 5.79. The van der Waals surface area contributed by atoms with Gasteiger partial charge in [-0.2, -0.15) is 5.10 Å². The molecule has 1 aliphatic carbocycles. The van der Waals surface area contributed by atoms with Crippen LogP contribution in [-0.2, 0) is 24.9 Å². The van der Waals surface area contributed by atoms with Crippen molar-refractivity contribution in [3.63, 3.8) is 0 Å². The molecule has 0 unspecified atom stereocenters. The van der Waals surface area contributed by atoms with Gasteiger partial charge in [0.1, 0.15) is 17.2 Å². The summed E-state index contributed by atoms with van der Waals surface area (Å²) >= 11 is 0. The van der Waals surface area contributed by atoms with Crippen LogP contribution in [0.2, 0.25) is 0 Å². The van der Waals surface area contributed by atoms with Crippen LogP contribution in [0.5, 0.6) is 17.4 Å². The molecule has 6 heteroatoms. The Balaban J connectivity index is 1.54. The zero-order valence-corrected chi connectivity index (χ0v) is 21.5. The average Bonchev–Trinajstić information content (AvgIpc) is 3.59. The molecule has 0 bridgehead atoms. The van der Waals surface area contributed by atoms with Crippen LogP contribution in [0.25, 0.3) is 11.3 Å². The fraction of sp³-hybridized carbons (Fsp3) is 0.290. The molecule has 0 spiro atoms. The molecule has 1 saturated carbocycles. The van der Waals surface area contributed by atoms with E-state index in [1.165, 1.54) is 0 Å². The maximum absolute atomic E-state index is 13.8. The molecule has 6 nitrogen and oxygen atoms in total. The molecule has 1 aromatic heterocycles. The average molecular weight is 496 g/mol. The Bertz CT molecular complexity index is 1310. The van der Waals surface area contributed by atoms with Crippen LogP contribution in [0.1, 0.15) is 36.8 Å². The third kappa shape index (κ3) is 5.69. The van der Waals surface area contributed by atoms with Crippen LogP contribution in [0.3, 0.4) is 0 Å². The first kappa shape index (κ1) is 24.6. The number of ether oxygens (including phenoxy) is 2. The highest BCUT2D eigenvalue weighted by atomic mass is 16.5. The molecule has 1 aliphatic rings. The molecule has 3 aromatic carbocycles. The van der Waals surface area contributed by atoms with E-state index in [1.54, 1.807) is 11.8 Å². The number of nitrogens with zero attached hydrogens (tertiary/aromatic N) is 3. The van der Waals surface area contributed by atoms with Gasteiger partial charge in [0.25, 0.3) is 0 Å². The van der Waals surface area contributed by atoms with Crippen LogP contribution >= 0.6 is 0 Å². The molecule has 5 rings (SSSR count). The Morgan fingerprint density at radius 3 is 2.16 bits per heavy atom. The SMILES string of the molecule is COc1ccc(Oc2c(CN(Cc3ccccc3)C(=O)C3CCCC3)c(-c3ccccc3)nn2C)cc1. The lowest BCUT2D eigenvalue weighted by Gasteiger charge is -2.26. The Labute approximate surface area is 218 Å². The first-order valence-electron chi connectivity index (χ1n) is 12.9. The van der Waals surface area contributed by atoms with Crippen molar-refractivity contribution in [1.82, 2.24) is 14.7 Å². The lowest BCUT2D eigenvalue weighted by Crippen LogP contribution is -2.34. The van der Waals surface area contributed by atoms with Gasteiger partial charge >= 0.3 is 0 Å². The summed E-state index contributed by atoms with van der Waals surface area (Å²) in [6.45, 7) is 0.953. The number of aryl methyl sites for hydroxylation is 1. The van der Waals surface area contributed by atoms with Gasteiger partial charge in [0.2, 0.25) is 11.8 Å². The molecule has 190 valence electrons. The van der Waals surface area contributed by atoms with Crippen molar-refractivity contribution in [3.05, 3.63) is 96.1 Å². The van der Waals surface area contributed by atoms with Crippen molar-refractivity contribution in [2.24, 2.45) is 13.0 Å². The van der Waals surface area contributed by atoms with Gasteiger partial charge in [-0.1, -0.05) is 73.5 Å². The van der Waals surface area contributed by atoms with E-state index in [1.807, 2.05) is 84.7 Å². The van der Waals surface area contributed by atoms with E-state index in [-0.39, 0.29) is 11.8 Å². The van der Waals surface area contributed by atoms with E-state index in [2.05, 4.69) is 12.1 Å². The standard InChI is InChI=1S/C31H33N3O3/c1-33-31(37-27-19-17-26(36-2)18-20-27)28(29(32-33)24-13-7-4-8-14-24)22-34(21-23-11-5-3-6-12-23)30(35)25-15-9-10-16-25/h3-8,11-14,17-20,25H,9-10,15-16,21-22H2,1-2H3.